The van der Waals surface area contributed by atoms with Crippen LogP contribution in [0, 0.1) is 5.41 Å². The van der Waals surface area contributed by atoms with Crippen molar-refractivity contribution in [3.05, 3.63) is 23.3 Å². The van der Waals surface area contributed by atoms with Crippen molar-refractivity contribution in [1.82, 2.24) is 0 Å². The molecule has 0 radical (unpaired) electrons. The number of esters is 1. The quantitative estimate of drug-likeness (QED) is 0.750. The van der Waals surface area contributed by atoms with E-state index in [0.717, 1.165) is 5.57 Å². The van der Waals surface area contributed by atoms with E-state index in [1.54, 1.807) is 6.92 Å². The van der Waals surface area contributed by atoms with Crippen LogP contribution in [0.2, 0.25) is 0 Å². The van der Waals surface area contributed by atoms with Crippen molar-refractivity contribution in [2.45, 2.75) is 52.9 Å². The maximum absolute atomic E-state index is 12.4. The summed E-state index contributed by atoms with van der Waals surface area (Å²) in [6.45, 7) is 10.2. The Balaban J connectivity index is 2.28. The van der Waals surface area contributed by atoms with Gasteiger partial charge in [0.25, 0.3) is 0 Å². The minimum Gasteiger partial charge on any atom is -0.454 e. The molecule has 0 bridgehead atoms. The highest BCUT2D eigenvalue weighted by atomic mass is 16.7. The van der Waals surface area contributed by atoms with Gasteiger partial charge in [0.2, 0.25) is 0 Å². The standard InChI is InChI=1S/C17H24O5/c1-11-13(6-7-17(5)20-8-9-21-17)16(3,4)10-14(15(11)19)22-12(2)18/h6-7,14H,8-10H2,1-5H3/t14-/m0/s1. The van der Waals surface area contributed by atoms with Crippen molar-refractivity contribution in [1.29, 1.82) is 0 Å². The van der Waals surface area contributed by atoms with E-state index >= 15 is 0 Å². The van der Waals surface area contributed by atoms with E-state index in [0.29, 0.717) is 25.2 Å². The number of carbonyl (C=O) groups excluding carboxylic acids is 2. The molecule has 0 aromatic heterocycles. The van der Waals surface area contributed by atoms with Gasteiger partial charge in [0.05, 0.1) is 13.2 Å². The maximum Gasteiger partial charge on any atom is 0.303 e. The van der Waals surface area contributed by atoms with Crippen molar-refractivity contribution < 1.29 is 23.8 Å². The summed E-state index contributed by atoms with van der Waals surface area (Å²) in [5.41, 5.74) is 1.28. The number of hydrogen-bond donors (Lipinski definition) is 0. The first-order chi connectivity index (χ1) is 10.1. The van der Waals surface area contributed by atoms with Crippen molar-refractivity contribution in [3.8, 4) is 0 Å². The summed E-state index contributed by atoms with van der Waals surface area (Å²) < 4.78 is 16.3. The fourth-order valence-electron chi connectivity index (χ4n) is 3.06. The van der Waals surface area contributed by atoms with E-state index in [9.17, 15) is 9.59 Å². The molecule has 2 rings (SSSR count). The van der Waals surface area contributed by atoms with Gasteiger partial charge >= 0.3 is 5.97 Å². The highest BCUT2D eigenvalue weighted by molar-refractivity contribution is 6.01. The van der Waals surface area contributed by atoms with Gasteiger partial charge in [-0.05, 0) is 36.5 Å². The zero-order chi connectivity index (χ0) is 16.5. The lowest BCUT2D eigenvalue weighted by Crippen LogP contribution is -2.38. The molecule has 1 saturated heterocycles. The first-order valence-corrected chi connectivity index (χ1v) is 7.54. The molecule has 0 unspecified atom stereocenters. The van der Waals surface area contributed by atoms with E-state index in [2.05, 4.69) is 0 Å². The highest BCUT2D eigenvalue weighted by Crippen LogP contribution is 2.41. The van der Waals surface area contributed by atoms with Crippen LogP contribution in [0.15, 0.2) is 23.3 Å². The Hall–Kier alpha value is -1.46. The maximum atomic E-state index is 12.4. The van der Waals surface area contributed by atoms with Crippen LogP contribution in [0.3, 0.4) is 0 Å². The van der Waals surface area contributed by atoms with Crippen LogP contribution in [0.25, 0.3) is 0 Å². The van der Waals surface area contributed by atoms with Gasteiger partial charge in [0, 0.05) is 13.3 Å². The first-order valence-electron chi connectivity index (χ1n) is 7.54. The van der Waals surface area contributed by atoms with Crippen LogP contribution < -0.4 is 0 Å². The van der Waals surface area contributed by atoms with Crippen LogP contribution >= 0.6 is 0 Å². The molecule has 22 heavy (non-hydrogen) atoms. The predicted molar refractivity (Wildman–Crippen MR) is 81.1 cm³/mol. The first kappa shape index (κ1) is 16.9. The molecule has 0 saturated carbocycles. The van der Waals surface area contributed by atoms with Gasteiger partial charge in [0.15, 0.2) is 17.7 Å². The third-order valence-electron chi connectivity index (χ3n) is 4.21. The summed E-state index contributed by atoms with van der Waals surface area (Å²) in [5, 5.41) is 0. The smallest absolute Gasteiger partial charge is 0.303 e. The molecule has 1 atom stereocenters. The number of carbonyl (C=O) groups is 2. The van der Waals surface area contributed by atoms with Crippen molar-refractivity contribution >= 4 is 11.8 Å². The largest absolute Gasteiger partial charge is 0.454 e. The monoisotopic (exact) mass is 308 g/mol. The zero-order valence-corrected chi connectivity index (χ0v) is 13.9. The van der Waals surface area contributed by atoms with Crippen LogP contribution in [-0.2, 0) is 23.8 Å². The molecule has 1 heterocycles. The van der Waals surface area contributed by atoms with Gasteiger partial charge in [0.1, 0.15) is 0 Å². The number of hydrogen-bond acceptors (Lipinski definition) is 5. The Bertz CT molecular complexity index is 535. The minimum atomic E-state index is -0.737. The molecule has 1 aliphatic carbocycles. The van der Waals surface area contributed by atoms with Gasteiger partial charge in [-0.3, -0.25) is 9.59 Å². The Morgan fingerprint density at radius 2 is 1.86 bits per heavy atom. The Morgan fingerprint density at radius 1 is 1.27 bits per heavy atom. The van der Waals surface area contributed by atoms with E-state index in [1.807, 2.05) is 32.9 Å². The summed E-state index contributed by atoms with van der Waals surface area (Å²) in [5.74, 6) is -1.30. The molecule has 0 N–H and O–H groups in total. The van der Waals surface area contributed by atoms with E-state index in [-0.39, 0.29) is 11.2 Å². The second-order valence-corrected chi connectivity index (χ2v) is 6.64. The molecule has 5 heteroatoms. The van der Waals surface area contributed by atoms with Gasteiger partial charge in [-0.1, -0.05) is 19.9 Å². The predicted octanol–water partition coefficient (Wildman–Crippen LogP) is 2.55. The number of allylic oxidation sites excluding steroid dienone is 2. The molecule has 0 aromatic rings. The zero-order valence-electron chi connectivity index (χ0n) is 13.9. The molecule has 0 spiro atoms. The summed E-state index contributed by atoms with van der Waals surface area (Å²) in [7, 11) is 0. The summed E-state index contributed by atoms with van der Waals surface area (Å²) in [6.07, 6.45) is 3.53. The number of rotatable bonds is 3. The van der Waals surface area contributed by atoms with Crippen LogP contribution in [-0.4, -0.2) is 36.9 Å². The number of Topliss-reactive ketones (excluding diaryl/α,β-unsaturated/α-hetero) is 1. The lowest BCUT2D eigenvalue weighted by atomic mass is 9.71. The Kier molecular flexibility index (Phi) is 4.59. The topological polar surface area (TPSA) is 61.8 Å². The van der Waals surface area contributed by atoms with Crippen LogP contribution in [0.1, 0.15) is 41.0 Å². The fourth-order valence-corrected chi connectivity index (χ4v) is 3.06. The summed E-state index contributed by atoms with van der Waals surface area (Å²) >= 11 is 0. The van der Waals surface area contributed by atoms with Gasteiger partial charge < -0.3 is 14.2 Å². The van der Waals surface area contributed by atoms with Gasteiger partial charge in [-0.15, -0.1) is 0 Å². The van der Waals surface area contributed by atoms with Gasteiger partial charge in [-0.2, -0.15) is 0 Å². The normalized spacial score (nSPS) is 27.5. The molecule has 1 aliphatic heterocycles. The molecule has 2 aliphatic rings. The second-order valence-electron chi connectivity index (χ2n) is 6.64. The molecule has 1 fully saturated rings. The Morgan fingerprint density at radius 3 is 2.41 bits per heavy atom. The lowest BCUT2D eigenvalue weighted by molar-refractivity contribution is -0.153. The molecule has 0 amide bonds. The Labute approximate surface area is 131 Å². The lowest BCUT2D eigenvalue weighted by Gasteiger charge is -2.36. The molecule has 5 nitrogen and oxygen atoms in total. The highest BCUT2D eigenvalue weighted by Gasteiger charge is 2.40. The molecule has 122 valence electrons. The number of ether oxygens (including phenoxy) is 3. The second kappa shape index (κ2) is 5.97. The third-order valence-corrected chi connectivity index (χ3v) is 4.21. The van der Waals surface area contributed by atoms with E-state index < -0.39 is 17.9 Å². The van der Waals surface area contributed by atoms with E-state index in [1.165, 1.54) is 6.92 Å². The molecular formula is C17H24O5. The van der Waals surface area contributed by atoms with Crippen molar-refractivity contribution in [2.24, 2.45) is 5.41 Å². The van der Waals surface area contributed by atoms with Crippen molar-refractivity contribution in [3.63, 3.8) is 0 Å². The third kappa shape index (κ3) is 3.47. The average Bonchev–Trinajstić information content (AvgIpc) is 2.81. The molecule has 0 aromatic carbocycles. The van der Waals surface area contributed by atoms with Crippen LogP contribution in [0.4, 0.5) is 0 Å². The van der Waals surface area contributed by atoms with Gasteiger partial charge in [-0.25, -0.2) is 0 Å². The molecular weight excluding hydrogens is 284 g/mol. The fraction of sp³-hybridized carbons (Fsp3) is 0.647. The summed E-state index contributed by atoms with van der Waals surface area (Å²) in [4.78, 5) is 23.6. The van der Waals surface area contributed by atoms with E-state index in [4.69, 9.17) is 14.2 Å². The summed E-state index contributed by atoms with van der Waals surface area (Å²) in [6, 6.07) is 0. The number of ketones is 1. The minimum absolute atomic E-state index is 0.132. The van der Waals surface area contributed by atoms with Crippen molar-refractivity contribution in [2.75, 3.05) is 13.2 Å². The van der Waals surface area contributed by atoms with Crippen LogP contribution in [0.5, 0.6) is 0 Å². The SMILES string of the molecule is CC(=O)O[C@H]1CC(C)(C)C(C=CC2(C)OCCO2)=C(C)C1=O. The average molecular weight is 308 g/mol.